The number of allylic oxidation sites excluding steroid dienone is 2. The predicted octanol–water partition coefficient (Wildman–Crippen LogP) is 4.59. The second-order valence-corrected chi connectivity index (χ2v) is 13.3. The molecule has 0 aliphatic heterocycles. The van der Waals surface area contributed by atoms with E-state index in [4.69, 9.17) is 0 Å². The number of hydrogen-bond acceptors (Lipinski definition) is 5. The van der Waals surface area contributed by atoms with Crippen molar-refractivity contribution < 1.29 is 14.4 Å². The average molecular weight is 718 g/mol. The van der Waals surface area contributed by atoms with Crippen LogP contribution in [0.15, 0.2) is 75.7 Å². The first-order chi connectivity index (χ1) is 25.4. The molecule has 14 nitrogen and oxygen atoms in total. The Kier molecular flexibility index (Phi) is 10.3. The van der Waals surface area contributed by atoms with E-state index < -0.39 is 5.91 Å². The molecule has 14 heteroatoms. The van der Waals surface area contributed by atoms with E-state index in [1.165, 1.54) is 0 Å². The molecule has 0 saturated carbocycles. The van der Waals surface area contributed by atoms with Crippen LogP contribution in [0.1, 0.15) is 77.3 Å². The highest BCUT2D eigenvalue weighted by Crippen LogP contribution is 2.20. The molecule has 6 rings (SSSR count). The van der Waals surface area contributed by atoms with Gasteiger partial charge in [-0.3, -0.25) is 23.7 Å². The summed E-state index contributed by atoms with van der Waals surface area (Å²) in [4.78, 5) is 49.5. The van der Waals surface area contributed by atoms with Crippen LogP contribution in [0.5, 0.6) is 0 Å². The molecule has 53 heavy (non-hydrogen) atoms. The van der Waals surface area contributed by atoms with Crippen molar-refractivity contribution in [2.45, 2.75) is 74.6 Å². The normalized spacial score (nSPS) is 13.0. The molecule has 0 unspecified atom stereocenters. The Bertz CT molecular complexity index is 2580. The molecule has 0 fully saturated rings. The number of rotatable bonds is 10. The number of fused-ring (bicyclic) bond motifs is 2. The van der Waals surface area contributed by atoms with Crippen LogP contribution < -0.4 is 16.6 Å². The van der Waals surface area contributed by atoms with E-state index in [1.54, 1.807) is 27.6 Å². The SMILES string of the molecule is CCNC(=O)c1ccc2c(c1)n(C)c(=NC(=O)c1cc(C)nn1CC)n2C/C(C)=C(\C)Cn1c(=NC(=O)c2cc(C)nn2CC)n(C)c2ccccc21. The molecule has 276 valence electrons. The van der Waals surface area contributed by atoms with Crippen molar-refractivity contribution in [1.29, 1.82) is 0 Å². The summed E-state index contributed by atoms with van der Waals surface area (Å²) < 4.78 is 11.2. The number of aromatic nitrogens is 8. The highest BCUT2D eigenvalue weighted by molar-refractivity contribution is 5.98. The van der Waals surface area contributed by atoms with Crippen molar-refractivity contribution in [3.05, 3.63) is 105 Å². The number of nitrogens with zero attached hydrogens (tertiary/aromatic N) is 10. The van der Waals surface area contributed by atoms with Gasteiger partial charge in [-0.1, -0.05) is 23.3 Å². The van der Waals surface area contributed by atoms with Gasteiger partial charge in [-0.2, -0.15) is 20.2 Å². The van der Waals surface area contributed by atoms with Gasteiger partial charge in [0.25, 0.3) is 17.7 Å². The Labute approximate surface area is 307 Å². The molecule has 0 bridgehead atoms. The molecule has 4 aromatic heterocycles. The maximum absolute atomic E-state index is 13.7. The Morgan fingerprint density at radius 2 is 1.13 bits per heavy atom. The molecule has 0 atom stereocenters. The van der Waals surface area contributed by atoms with E-state index >= 15 is 0 Å². The molecule has 3 amide bonds. The zero-order chi connectivity index (χ0) is 38.1. The van der Waals surface area contributed by atoms with E-state index in [9.17, 15) is 14.4 Å². The number of nitrogens with one attached hydrogen (secondary N) is 1. The minimum atomic E-state index is -0.406. The topological polar surface area (TPSA) is 143 Å². The van der Waals surface area contributed by atoms with E-state index in [2.05, 4.69) is 43.9 Å². The smallest absolute Gasteiger partial charge is 0.298 e. The van der Waals surface area contributed by atoms with Crippen molar-refractivity contribution in [2.24, 2.45) is 24.1 Å². The lowest BCUT2D eigenvalue weighted by Crippen LogP contribution is -2.28. The first kappa shape index (κ1) is 36.7. The maximum Gasteiger partial charge on any atom is 0.298 e. The number of aryl methyl sites for hydroxylation is 6. The predicted molar refractivity (Wildman–Crippen MR) is 203 cm³/mol. The zero-order valence-electron chi connectivity index (χ0n) is 31.9. The highest BCUT2D eigenvalue weighted by atomic mass is 16.2. The Morgan fingerprint density at radius 3 is 1.62 bits per heavy atom. The molecule has 1 N–H and O–H groups in total. The summed E-state index contributed by atoms with van der Waals surface area (Å²) in [5.74, 6) is -0.942. The third kappa shape index (κ3) is 6.96. The summed E-state index contributed by atoms with van der Waals surface area (Å²) in [6.45, 7) is 16.1. The van der Waals surface area contributed by atoms with Gasteiger partial charge in [0.1, 0.15) is 11.4 Å². The number of para-hydroxylation sites is 2. The number of carbonyl (C=O) groups is 3. The Hall–Kier alpha value is -6.05. The summed E-state index contributed by atoms with van der Waals surface area (Å²) in [5.41, 5.74) is 9.36. The van der Waals surface area contributed by atoms with Crippen molar-refractivity contribution in [2.75, 3.05) is 6.54 Å². The van der Waals surface area contributed by atoms with Crippen molar-refractivity contribution in [3.63, 3.8) is 0 Å². The third-order valence-corrected chi connectivity index (χ3v) is 9.61. The maximum atomic E-state index is 13.7. The van der Waals surface area contributed by atoms with Crippen molar-refractivity contribution >= 4 is 39.8 Å². The standard InChI is InChI=1S/C39H47N11O3/c1-10-40-35(51)28-17-18-31-32(21-28)46(9)39(42-37(53)34-20-27(7)44-50(34)12-3)48(31)23-25(5)24(4)22-47-30-16-14-13-15-29(30)45(8)38(47)41-36(52)33-19-26(6)43-49(33)11-2/h13-21H,10-12,22-23H2,1-9H3,(H,40,51)/b25-24+,41-38?,42-39?. The van der Waals surface area contributed by atoms with Gasteiger partial charge in [-0.05, 0) is 90.9 Å². The minimum Gasteiger partial charge on any atom is -0.352 e. The fourth-order valence-electron chi connectivity index (χ4n) is 6.73. The summed E-state index contributed by atoms with van der Waals surface area (Å²) in [6.07, 6.45) is 0. The molecular weight excluding hydrogens is 671 g/mol. The molecule has 0 aliphatic rings. The second kappa shape index (κ2) is 14.9. The van der Waals surface area contributed by atoms with Crippen LogP contribution in [0.25, 0.3) is 22.1 Å². The van der Waals surface area contributed by atoms with Crippen LogP contribution in [0.4, 0.5) is 0 Å². The molecule has 0 spiro atoms. The Balaban J connectivity index is 1.47. The van der Waals surface area contributed by atoms with Gasteiger partial charge in [0.2, 0.25) is 11.2 Å². The molecule has 0 aliphatic carbocycles. The zero-order valence-corrected chi connectivity index (χ0v) is 31.9. The van der Waals surface area contributed by atoms with Crippen molar-refractivity contribution in [1.82, 2.24) is 43.1 Å². The average Bonchev–Trinajstić information content (AvgIpc) is 3.87. The first-order valence-corrected chi connectivity index (χ1v) is 17.9. The lowest BCUT2D eigenvalue weighted by molar-refractivity contribution is 0.0952. The third-order valence-electron chi connectivity index (χ3n) is 9.61. The van der Waals surface area contributed by atoms with Crippen molar-refractivity contribution in [3.8, 4) is 0 Å². The van der Waals surface area contributed by atoms with Crippen LogP contribution in [0.2, 0.25) is 0 Å². The van der Waals surface area contributed by atoms with Crippen LogP contribution in [-0.4, -0.2) is 62.1 Å². The van der Waals surface area contributed by atoms with Gasteiger partial charge in [0.05, 0.1) is 33.5 Å². The lowest BCUT2D eigenvalue weighted by atomic mass is 10.1. The fraction of sp³-hybridized carbons (Fsp3) is 0.359. The summed E-state index contributed by atoms with van der Waals surface area (Å²) in [6, 6.07) is 17.0. The molecule has 0 saturated heterocycles. The monoisotopic (exact) mass is 717 g/mol. The number of carbonyl (C=O) groups excluding carboxylic acids is 3. The second-order valence-electron chi connectivity index (χ2n) is 13.3. The summed E-state index contributed by atoms with van der Waals surface area (Å²) in [5, 5.41) is 11.8. The largest absolute Gasteiger partial charge is 0.352 e. The van der Waals surface area contributed by atoms with E-state index in [0.717, 1.165) is 44.6 Å². The Morgan fingerprint density at radius 1 is 0.660 bits per heavy atom. The molecular formula is C39H47N11O3. The highest BCUT2D eigenvalue weighted by Gasteiger charge is 2.19. The molecule has 2 aromatic carbocycles. The van der Waals surface area contributed by atoms with Crippen LogP contribution in [0.3, 0.4) is 0 Å². The van der Waals surface area contributed by atoms with E-state index in [-0.39, 0.29) is 11.8 Å². The summed E-state index contributed by atoms with van der Waals surface area (Å²) >= 11 is 0. The van der Waals surface area contributed by atoms with Gasteiger partial charge in [0, 0.05) is 52.4 Å². The minimum absolute atomic E-state index is 0.174. The van der Waals surface area contributed by atoms with Crippen LogP contribution in [0, 0.1) is 13.8 Å². The number of amides is 3. The van der Waals surface area contributed by atoms with Gasteiger partial charge < -0.3 is 23.6 Å². The van der Waals surface area contributed by atoms with E-state index in [1.807, 2.05) is 98.8 Å². The van der Waals surface area contributed by atoms with Gasteiger partial charge in [-0.15, -0.1) is 0 Å². The molecule has 6 aromatic rings. The lowest BCUT2D eigenvalue weighted by Gasteiger charge is -2.12. The van der Waals surface area contributed by atoms with Crippen LogP contribution >= 0.6 is 0 Å². The number of imidazole rings is 2. The fourth-order valence-corrected chi connectivity index (χ4v) is 6.73. The van der Waals surface area contributed by atoms with E-state index in [0.29, 0.717) is 60.9 Å². The van der Waals surface area contributed by atoms with Gasteiger partial charge >= 0.3 is 0 Å². The van der Waals surface area contributed by atoms with Gasteiger partial charge in [0.15, 0.2) is 0 Å². The first-order valence-electron chi connectivity index (χ1n) is 17.9. The molecule has 4 heterocycles. The van der Waals surface area contributed by atoms with Gasteiger partial charge in [-0.25, -0.2) is 0 Å². The number of hydrogen-bond donors (Lipinski definition) is 1. The quantitative estimate of drug-likeness (QED) is 0.206. The molecule has 0 radical (unpaired) electrons. The summed E-state index contributed by atoms with van der Waals surface area (Å²) in [7, 11) is 3.76. The number of benzene rings is 2. The van der Waals surface area contributed by atoms with Crippen LogP contribution in [-0.2, 0) is 40.3 Å².